The quantitative estimate of drug-likeness (QED) is 0.787. The molecule has 1 N–H and O–H groups in total. The molecule has 1 aromatic rings. The lowest BCUT2D eigenvalue weighted by atomic mass is 9.92. The Morgan fingerprint density at radius 2 is 1.89 bits per heavy atom. The molecule has 0 unspecified atom stereocenters. The highest BCUT2D eigenvalue weighted by atomic mass is 32.2. The van der Waals surface area contributed by atoms with Crippen LogP contribution in [0.25, 0.3) is 0 Å². The first-order chi connectivity index (χ1) is 8.63. The van der Waals surface area contributed by atoms with E-state index < -0.39 is 10.8 Å². The Labute approximate surface area is 113 Å². The van der Waals surface area contributed by atoms with Crippen molar-refractivity contribution in [2.75, 3.05) is 12.4 Å². The van der Waals surface area contributed by atoms with Gasteiger partial charge in [-0.25, -0.2) is 0 Å². The Bertz CT molecular complexity index is 349. The van der Waals surface area contributed by atoms with Gasteiger partial charge in [0, 0.05) is 28.9 Å². The van der Waals surface area contributed by atoms with Crippen LogP contribution in [0.5, 0.6) is 0 Å². The zero-order valence-corrected chi connectivity index (χ0v) is 12.2. The van der Waals surface area contributed by atoms with E-state index in [0.717, 1.165) is 24.2 Å². The molecule has 0 amide bonds. The van der Waals surface area contributed by atoms with Gasteiger partial charge in [0.2, 0.25) is 0 Å². The summed E-state index contributed by atoms with van der Waals surface area (Å²) in [6.07, 6.45) is 1.90. The molecule has 0 aliphatic carbocycles. The normalized spacial score (nSPS) is 14.7. The second kappa shape index (κ2) is 8.44. The Balaban J connectivity index is 2.25. The van der Waals surface area contributed by atoms with Gasteiger partial charge in [-0.15, -0.1) is 0 Å². The average molecular weight is 268 g/mol. The zero-order chi connectivity index (χ0) is 13.4. The van der Waals surface area contributed by atoms with Crippen LogP contribution in [0.1, 0.15) is 32.3 Å². The first-order valence-corrected chi connectivity index (χ1v) is 8.12. The summed E-state index contributed by atoms with van der Waals surface area (Å²) in [6, 6.07) is 9.96. The maximum atomic E-state index is 11.9. The third-order valence-corrected chi connectivity index (χ3v) is 4.69. The number of rotatable bonds is 8. The third-order valence-electron chi connectivity index (χ3n) is 3.29. The van der Waals surface area contributed by atoms with Crippen molar-refractivity contribution in [1.29, 1.82) is 0 Å². The highest BCUT2D eigenvalue weighted by Crippen LogP contribution is 2.16. The predicted molar refractivity (Wildman–Crippen MR) is 77.8 cm³/mol. The first-order valence-electron chi connectivity index (χ1n) is 6.63. The van der Waals surface area contributed by atoms with E-state index in [9.17, 15) is 9.32 Å². The molecule has 0 aliphatic rings. The molecule has 0 fully saturated rings. The summed E-state index contributed by atoms with van der Waals surface area (Å²) < 4.78 is 11.9. The van der Waals surface area contributed by atoms with Crippen molar-refractivity contribution in [1.82, 2.24) is 0 Å². The molecule has 1 rings (SSSR count). The number of hydrogen-bond donors (Lipinski definition) is 1. The fraction of sp³-hybridized carbons (Fsp3) is 0.600. The van der Waals surface area contributed by atoms with Crippen molar-refractivity contribution in [3.63, 3.8) is 0 Å². The minimum absolute atomic E-state index is 0.239. The van der Waals surface area contributed by atoms with Gasteiger partial charge < -0.3 is 5.11 Å². The largest absolute Gasteiger partial charge is 0.396 e. The minimum atomic E-state index is -0.784. The maximum absolute atomic E-state index is 11.9. The topological polar surface area (TPSA) is 37.3 Å². The Morgan fingerprint density at radius 3 is 2.44 bits per heavy atom. The van der Waals surface area contributed by atoms with Gasteiger partial charge in [-0.2, -0.15) is 0 Å². The van der Waals surface area contributed by atoms with E-state index >= 15 is 0 Å². The smallest absolute Gasteiger partial charge is 0.0485 e. The molecule has 18 heavy (non-hydrogen) atoms. The van der Waals surface area contributed by atoms with Gasteiger partial charge in [0.25, 0.3) is 0 Å². The summed E-state index contributed by atoms with van der Waals surface area (Å²) in [5.74, 6) is 2.22. The van der Waals surface area contributed by atoms with Crippen LogP contribution in [0.3, 0.4) is 0 Å². The molecule has 0 aromatic heterocycles. The van der Waals surface area contributed by atoms with Gasteiger partial charge in [0.15, 0.2) is 0 Å². The lowest BCUT2D eigenvalue weighted by Gasteiger charge is -2.17. The van der Waals surface area contributed by atoms with Crippen molar-refractivity contribution in [3.05, 3.63) is 35.9 Å². The highest BCUT2D eigenvalue weighted by Gasteiger charge is 2.12. The molecule has 0 aliphatic heterocycles. The van der Waals surface area contributed by atoms with Crippen molar-refractivity contribution in [2.24, 2.45) is 11.8 Å². The standard InChI is InChI=1S/C15H24O2S/c1-13(2)15(11-16)9-6-10-18(17)12-14-7-4-3-5-8-14/h3-5,7-8,13,15-16H,6,9-12H2,1-2H3/t15-,18-/m1/s1. The first kappa shape index (κ1) is 15.4. The molecule has 2 atom stereocenters. The summed E-state index contributed by atoms with van der Waals surface area (Å²) in [6.45, 7) is 4.49. The molecular formula is C15H24O2S. The van der Waals surface area contributed by atoms with E-state index in [2.05, 4.69) is 13.8 Å². The van der Waals surface area contributed by atoms with Crippen LogP contribution in [-0.2, 0) is 16.6 Å². The van der Waals surface area contributed by atoms with Crippen molar-refractivity contribution < 1.29 is 9.32 Å². The summed E-state index contributed by atoms with van der Waals surface area (Å²) >= 11 is 0. The van der Waals surface area contributed by atoms with Gasteiger partial charge in [-0.05, 0) is 30.2 Å². The van der Waals surface area contributed by atoms with Gasteiger partial charge in [-0.3, -0.25) is 4.21 Å². The molecule has 3 heteroatoms. The number of aliphatic hydroxyl groups is 1. The number of aliphatic hydroxyl groups excluding tert-OH is 1. The highest BCUT2D eigenvalue weighted by molar-refractivity contribution is 7.84. The fourth-order valence-electron chi connectivity index (χ4n) is 1.97. The average Bonchev–Trinajstić information content (AvgIpc) is 2.35. The monoisotopic (exact) mass is 268 g/mol. The van der Waals surface area contributed by atoms with Gasteiger partial charge >= 0.3 is 0 Å². The lowest BCUT2D eigenvalue weighted by molar-refractivity contribution is 0.180. The molecule has 0 spiro atoms. The Hall–Kier alpha value is -0.670. The van der Waals surface area contributed by atoms with Crippen LogP contribution in [0.15, 0.2) is 30.3 Å². The lowest BCUT2D eigenvalue weighted by Crippen LogP contribution is -2.14. The van der Waals surface area contributed by atoms with E-state index in [1.54, 1.807) is 0 Å². The number of benzene rings is 1. The Morgan fingerprint density at radius 1 is 1.22 bits per heavy atom. The van der Waals surface area contributed by atoms with Crippen LogP contribution in [0, 0.1) is 11.8 Å². The third kappa shape index (κ3) is 5.78. The van der Waals surface area contributed by atoms with Crippen LogP contribution >= 0.6 is 0 Å². The fourth-order valence-corrected chi connectivity index (χ4v) is 3.17. The summed E-state index contributed by atoms with van der Waals surface area (Å²) in [5, 5.41) is 9.22. The molecule has 102 valence electrons. The van der Waals surface area contributed by atoms with Crippen LogP contribution in [0.4, 0.5) is 0 Å². The zero-order valence-electron chi connectivity index (χ0n) is 11.3. The van der Waals surface area contributed by atoms with E-state index in [1.807, 2.05) is 30.3 Å². The second-order valence-electron chi connectivity index (χ2n) is 5.10. The molecule has 0 heterocycles. The molecule has 0 saturated carbocycles. The van der Waals surface area contributed by atoms with Gasteiger partial charge in [0.1, 0.15) is 0 Å². The number of hydrogen-bond acceptors (Lipinski definition) is 2. The van der Waals surface area contributed by atoms with E-state index in [0.29, 0.717) is 17.6 Å². The maximum Gasteiger partial charge on any atom is 0.0485 e. The molecule has 1 aromatic carbocycles. The van der Waals surface area contributed by atoms with E-state index in [4.69, 9.17) is 0 Å². The summed E-state index contributed by atoms with van der Waals surface area (Å²) in [4.78, 5) is 0. The van der Waals surface area contributed by atoms with Crippen LogP contribution < -0.4 is 0 Å². The molecular weight excluding hydrogens is 244 g/mol. The van der Waals surface area contributed by atoms with Crippen molar-refractivity contribution in [3.8, 4) is 0 Å². The molecule has 0 radical (unpaired) electrons. The predicted octanol–water partition coefficient (Wildman–Crippen LogP) is 2.98. The summed E-state index contributed by atoms with van der Waals surface area (Å²) in [7, 11) is -0.784. The second-order valence-corrected chi connectivity index (χ2v) is 6.68. The van der Waals surface area contributed by atoms with Gasteiger partial charge in [-0.1, -0.05) is 44.2 Å². The molecule has 0 bridgehead atoms. The van der Waals surface area contributed by atoms with Gasteiger partial charge in [0.05, 0.1) is 0 Å². The van der Waals surface area contributed by atoms with Crippen molar-refractivity contribution in [2.45, 2.75) is 32.4 Å². The van der Waals surface area contributed by atoms with Crippen LogP contribution in [0.2, 0.25) is 0 Å². The minimum Gasteiger partial charge on any atom is -0.396 e. The SMILES string of the molecule is CC(C)[C@@H](CO)CCC[S@@](=O)Cc1ccccc1. The molecule has 0 saturated heterocycles. The van der Waals surface area contributed by atoms with Crippen molar-refractivity contribution >= 4 is 10.8 Å². The van der Waals surface area contributed by atoms with E-state index in [-0.39, 0.29) is 6.61 Å². The molecule has 2 nitrogen and oxygen atoms in total. The van der Waals surface area contributed by atoms with Crippen LogP contribution in [-0.4, -0.2) is 21.7 Å². The summed E-state index contributed by atoms with van der Waals surface area (Å²) in [5.41, 5.74) is 1.14. The Kier molecular flexibility index (Phi) is 7.21. The van der Waals surface area contributed by atoms with E-state index in [1.165, 1.54) is 0 Å².